The topological polar surface area (TPSA) is 67.4 Å². The van der Waals surface area contributed by atoms with Crippen molar-refractivity contribution in [1.82, 2.24) is 10.9 Å². The minimum absolute atomic E-state index is 0.0671. The summed E-state index contributed by atoms with van der Waals surface area (Å²) < 4.78 is 5.55. The van der Waals surface area contributed by atoms with Crippen molar-refractivity contribution in [3.63, 3.8) is 0 Å². The minimum Gasteiger partial charge on any atom is -0.483 e. The van der Waals surface area contributed by atoms with E-state index in [1.807, 2.05) is 31.2 Å². The van der Waals surface area contributed by atoms with Crippen molar-refractivity contribution in [2.75, 3.05) is 6.61 Å². The zero-order chi connectivity index (χ0) is 15.9. The van der Waals surface area contributed by atoms with Crippen LogP contribution >= 0.6 is 0 Å². The molecule has 0 atom stereocenters. The van der Waals surface area contributed by atoms with Gasteiger partial charge in [0.05, 0.1) is 0 Å². The zero-order valence-electron chi connectivity index (χ0n) is 13.2. The van der Waals surface area contributed by atoms with Crippen molar-refractivity contribution in [2.24, 2.45) is 0 Å². The van der Waals surface area contributed by atoms with Crippen LogP contribution in [-0.4, -0.2) is 18.4 Å². The highest BCUT2D eigenvalue weighted by atomic mass is 16.5. The summed E-state index contributed by atoms with van der Waals surface area (Å²) in [5.74, 6) is 0.0872. The molecular formula is C16H24N2O3. The molecule has 1 aromatic rings. The van der Waals surface area contributed by atoms with Gasteiger partial charge < -0.3 is 4.74 Å². The summed E-state index contributed by atoms with van der Waals surface area (Å²) in [5.41, 5.74) is 5.65. The van der Waals surface area contributed by atoms with Gasteiger partial charge in [-0.05, 0) is 23.5 Å². The Bertz CT molecular complexity index is 493. The highest BCUT2D eigenvalue weighted by molar-refractivity contribution is 5.82. The molecule has 0 aliphatic carbocycles. The quantitative estimate of drug-likeness (QED) is 0.818. The Kier molecular flexibility index (Phi) is 6.21. The van der Waals surface area contributed by atoms with Gasteiger partial charge in [-0.15, -0.1) is 0 Å². The molecule has 1 aromatic carbocycles. The number of ether oxygens (including phenoxy) is 1. The number of carbonyl (C=O) groups is 2. The molecule has 0 unspecified atom stereocenters. The molecule has 0 aromatic heterocycles. The summed E-state index contributed by atoms with van der Waals surface area (Å²) in [6.07, 6.45) is 1.12. The number of nitrogens with one attached hydrogen (secondary N) is 2. The van der Waals surface area contributed by atoms with Crippen LogP contribution in [0.5, 0.6) is 5.75 Å². The van der Waals surface area contributed by atoms with Crippen molar-refractivity contribution >= 4 is 11.8 Å². The number of rotatable bonds is 5. The molecule has 0 spiro atoms. The number of hydrogen-bond donors (Lipinski definition) is 2. The molecule has 0 heterocycles. The Labute approximate surface area is 126 Å². The average Bonchev–Trinajstić information content (AvgIpc) is 2.42. The maximum absolute atomic E-state index is 11.6. The molecule has 0 saturated carbocycles. The number of hydrogen-bond acceptors (Lipinski definition) is 3. The summed E-state index contributed by atoms with van der Waals surface area (Å²) in [6.45, 7) is 8.01. The van der Waals surface area contributed by atoms with Crippen LogP contribution in [0.4, 0.5) is 0 Å². The standard InChI is InChI=1S/C16H24N2O3/c1-5-8-14(19)17-18-15(20)11-21-13-10-7-6-9-12(13)16(2,3)4/h6-7,9-10H,5,8,11H2,1-4H3,(H,17,19)(H,18,20). The molecule has 21 heavy (non-hydrogen) atoms. The minimum atomic E-state index is -0.386. The van der Waals surface area contributed by atoms with E-state index >= 15 is 0 Å². The third kappa shape index (κ3) is 5.85. The van der Waals surface area contributed by atoms with Gasteiger partial charge in [0.15, 0.2) is 6.61 Å². The van der Waals surface area contributed by atoms with Crippen molar-refractivity contribution in [1.29, 1.82) is 0 Å². The van der Waals surface area contributed by atoms with Gasteiger partial charge >= 0.3 is 0 Å². The number of hydrazine groups is 1. The van der Waals surface area contributed by atoms with Gasteiger partial charge in [-0.25, -0.2) is 0 Å². The van der Waals surface area contributed by atoms with Crippen LogP contribution in [0.3, 0.4) is 0 Å². The van der Waals surface area contributed by atoms with Crippen LogP contribution in [0, 0.1) is 0 Å². The summed E-state index contributed by atoms with van der Waals surface area (Å²) in [4.78, 5) is 22.9. The van der Waals surface area contributed by atoms with Crippen LogP contribution in [0.2, 0.25) is 0 Å². The lowest BCUT2D eigenvalue weighted by Gasteiger charge is -2.22. The van der Waals surface area contributed by atoms with Crippen LogP contribution < -0.4 is 15.6 Å². The molecule has 1 rings (SSSR count). The molecule has 5 heteroatoms. The number of carbonyl (C=O) groups excluding carboxylic acids is 2. The van der Waals surface area contributed by atoms with Gasteiger partial charge in [-0.3, -0.25) is 20.4 Å². The normalized spacial score (nSPS) is 10.9. The van der Waals surface area contributed by atoms with Crippen LogP contribution in [-0.2, 0) is 15.0 Å². The zero-order valence-corrected chi connectivity index (χ0v) is 13.2. The van der Waals surface area contributed by atoms with E-state index in [2.05, 4.69) is 31.6 Å². The van der Waals surface area contributed by atoms with Gasteiger partial charge in [0.1, 0.15) is 5.75 Å². The van der Waals surface area contributed by atoms with Crippen LogP contribution in [0.25, 0.3) is 0 Å². The van der Waals surface area contributed by atoms with E-state index in [9.17, 15) is 9.59 Å². The van der Waals surface area contributed by atoms with Gasteiger partial charge in [-0.1, -0.05) is 45.9 Å². The average molecular weight is 292 g/mol. The first-order chi connectivity index (χ1) is 9.84. The molecule has 5 nitrogen and oxygen atoms in total. The monoisotopic (exact) mass is 292 g/mol. The first kappa shape index (κ1) is 17.0. The molecule has 0 bridgehead atoms. The predicted octanol–water partition coefficient (Wildman–Crippen LogP) is 2.31. The number of para-hydroxylation sites is 1. The van der Waals surface area contributed by atoms with E-state index in [1.54, 1.807) is 0 Å². The highest BCUT2D eigenvalue weighted by Crippen LogP contribution is 2.30. The Morgan fingerprint density at radius 3 is 2.33 bits per heavy atom. The Morgan fingerprint density at radius 2 is 1.71 bits per heavy atom. The fraction of sp³-hybridized carbons (Fsp3) is 0.500. The fourth-order valence-corrected chi connectivity index (χ4v) is 1.82. The van der Waals surface area contributed by atoms with Gasteiger partial charge in [0.25, 0.3) is 5.91 Å². The molecule has 0 aliphatic rings. The van der Waals surface area contributed by atoms with E-state index < -0.39 is 0 Å². The first-order valence-electron chi connectivity index (χ1n) is 7.14. The number of benzene rings is 1. The lowest BCUT2D eigenvalue weighted by molar-refractivity contribution is -0.130. The predicted molar refractivity (Wildman–Crippen MR) is 81.8 cm³/mol. The summed E-state index contributed by atoms with van der Waals surface area (Å²) in [5, 5.41) is 0. The molecule has 2 N–H and O–H groups in total. The van der Waals surface area contributed by atoms with Gasteiger partial charge in [0.2, 0.25) is 5.91 Å². The summed E-state index contributed by atoms with van der Waals surface area (Å²) in [6, 6.07) is 7.63. The van der Waals surface area contributed by atoms with E-state index in [0.29, 0.717) is 12.2 Å². The van der Waals surface area contributed by atoms with Gasteiger partial charge in [0, 0.05) is 6.42 Å². The Balaban J connectivity index is 2.52. The molecule has 0 fully saturated rings. The second-order valence-corrected chi connectivity index (χ2v) is 5.88. The van der Waals surface area contributed by atoms with E-state index in [4.69, 9.17) is 4.74 Å². The van der Waals surface area contributed by atoms with Crippen LogP contribution in [0.15, 0.2) is 24.3 Å². The lowest BCUT2D eigenvalue weighted by atomic mass is 9.86. The number of amides is 2. The lowest BCUT2D eigenvalue weighted by Crippen LogP contribution is -2.43. The SMILES string of the molecule is CCCC(=O)NNC(=O)COc1ccccc1C(C)(C)C. The van der Waals surface area contributed by atoms with Crippen molar-refractivity contribution < 1.29 is 14.3 Å². The molecule has 0 saturated heterocycles. The first-order valence-corrected chi connectivity index (χ1v) is 7.14. The molecule has 2 amide bonds. The van der Waals surface area contributed by atoms with E-state index in [-0.39, 0.29) is 23.8 Å². The Morgan fingerprint density at radius 1 is 1.10 bits per heavy atom. The molecule has 116 valence electrons. The summed E-state index contributed by atoms with van der Waals surface area (Å²) >= 11 is 0. The van der Waals surface area contributed by atoms with Crippen molar-refractivity contribution in [3.8, 4) is 5.75 Å². The van der Waals surface area contributed by atoms with E-state index in [1.165, 1.54) is 0 Å². The van der Waals surface area contributed by atoms with Gasteiger partial charge in [-0.2, -0.15) is 0 Å². The second kappa shape index (κ2) is 7.67. The summed E-state index contributed by atoms with van der Waals surface area (Å²) in [7, 11) is 0. The largest absolute Gasteiger partial charge is 0.483 e. The van der Waals surface area contributed by atoms with Crippen LogP contribution in [0.1, 0.15) is 46.1 Å². The highest BCUT2D eigenvalue weighted by Gasteiger charge is 2.18. The molecule has 0 aliphatic heterocycles. The molecule has 0 radical (unpaired) electrons. The van der Waals surface area contributed by atoms with Crippen molar-refractivity contribution in [3.05, 3.63) is 29.8 Å². The smallest absolute Gasteiger partial charge is 0.276 e. The fourth-order valence-electron chi connectivity index (χ4n) is 1.82. The third-order valence-electron chi connectivity index (χ3n) is 2.87. The molecular weight excluding hydrogens is 268 g/mol. The maximum atomic E-state index is 11.6. The maximum Gasteiger partial charge on any atom is 0.276 e. The van der Waals surface area contributed by atoms with E-state index in [0.717, 1.165) is 12.0 Å². The van der Waals surface area contributed by atoms with Crippen molar-refractivity contribution in [2.45, 2.75) is 46.0 Å². The Hall–Kier alpha value is -2.04. The third-order valence-corrected chi connectivity index (χ3v) is 2.87. The second-order valence-electron chi connectivity index (χ2n) is 5.88.